The number of nitrogens with zero attached hydrogens (tertiary/aromatic N) is 2. The Morgan fingerprint density at radius 1 is 0.810 bits per heavy atom. The molecule has 0 spiro atoms. The summed E-state index contributed by atoms with van der Waals surface area (Å²) in [7, 11) is 0. The molecule has 3 nitrogen and oxygen atoms in total. The molecular formula is C18H17N3. The molecule has 2 aromatic carbocycles. The molecule has 0 aliphatic heterocycles. The molecule has 0 saturated carbocycles. The van der Waals surface area contributed by atoms with Crippen LogP contribution in [-0.4, -0.2) is 9.97 Å². The summed E-state index contributed by atoms with van der Waals surface area (Å²) in [5.41, 5.74) is 12.1. The highest BCUT2D eigenvalue weighted by molar-refractivity contribution is 5.71. The van der Waals surface area contributed by atoms with E-state index in [4.69, 9.17) is 5.73 Å². The van der Waals surface area contributed by atoms with Crippen LogP contribution in [0.4, 0.5) is 5.95 Å². The fourth-order valence-corrected chi connectivity index (χ4v) is 2.34. The van der Waals surface area contributed by atoms with Gasteiger partial charge in [-0.1, -0.05) is 54.1 Å². The number of aromatic nitrogens is 2. The molecule has 3 heteroatoms. The number of hydrogen-bond acceptors (Lipinski definition) is 3. The lowest BCUT2D eigenvalue weighted by Gasteiger charge is -2.08. The predicted molar refractivity (Wildman–Crippen MR) is 86.8 cm³/mol. The minimum absolute atomic E-state index is 0.298. The van der Waals surface area contributed by atoms with E-state index >= 15 is 0 Å². The fraction of sp³-hybridized carbons (Fsp3) is 0.111. The molecule has 1 aromatic heterocycles. The third-order valence-corrected chi connectivity index (χ3v) is 3.51. The van der Waals surface area contributed by atoms with Crippen molar-refractivity contribution in [3.05, 3.63) is 65.7 Å². The summed E-state index contributed by atoms with van der Waals surface area (Å²) in [6, 6.07) is 18.4. The zero-order valence-electron chi connectivity index (χ0n) is 12.2. The fourth-order valence-electron chi connectivity index (χ4n) is 2.34. The summed E-state index contributed by atoms with van der Waals surface area (Å²) in [6.07, 6.45) is 0. The Hall–Kier alpha value is -2.68. The van der Waals surface area contributed by atoms with Crippen LogP contribution in [0.15, 0.2) is 54.6 Å². The van der Waals surface area contributed by atoms with Crippen LogP contribution in [0.25, 0.3) is 22.5 Å². The number of hydrogen-bond donors (Lipinski definition) is 1. The largest absolute Gasteiger partial charge is 0.368 e. The molecule has 1 heterocycles. The number of rotatable bonds is 2. The molecule has 0 saturated heterocycles. The van der Waals surface area contributed by atoms with E-state index in [0.29, 0.717) is 5.95 Å². The molecule has 0 radical (unpaired) electrons. The Bertz CT molecular complexity index is 777. The monoisotopic (exact) mass is 275 g/mol. The van der Waals surface area contributed by atoms with Crippen molar-refractivity contribution in [2.45, 2.75) is 13.8 Å². The minimum atomic E-state index is 0.298. The number of anilines is 1. The summed E-state index contributed by atoms with van der Waals surface area (Å²) in [4.78, 5) is 8.73. The van der Waals surface area contributed by atoms with Gasteiger partial charge in [-0.15, -0.1) is 0 Å². The molecule has 3 rings (SSSR count). The van der Waals surface area contributed by atoms with Crippen molar-refractivity contribution in [3.8, 4) is 22.5 Å². The summed E-state index contributed by atoms with van der Waals surface area (Å²) in [5, 5.41) is 0. The van der Waals surface area contributed by atoms with Crippen LogP contribution in [0.2, 0.25) is 0 Å². The van der Waals surface area contributed by atoms with E-state index in [2.05, 4.69) is 60.2 Å². The Morgan fingerprint density at radius 2 is 1.48 bits per heavy atom. The van der Waals surface area contributed by atoms with Gasteiger partial charge in [-0.2, -0.15) is 0 Å². The number of aryl methyl sites for hydroxylation is 2. The van der Waals surface area contributed by atoms with Crippen molar-refractivity contribution in [2.75, 3.05) is 5.73 Å². The molecule has 0 amide bonds. The third kappa shape index (κ3) is 2.77. The molecule has 21 heavy (non-hydrogen) atoms. The summed E-state index contributed by atoms with van der Waals surface area (Å²) in [6.45, 7) is 4.13. The van der Waals surface area contributed by atoms with E-state index in [-0.39, 0.29) is 0 Å². The third-order valence-electron chi connectivity index (χ3n) is 3.51. The molecule has 104 valence electrons. The maximum absolute atomic E-state index is 5.89. The van der Waals surface area contributed by atoms with Gasteiger partial charge in [-0.05, 0) is 25.5 Å². The quantitative estimate of drug-likeness (QED) is 0.768. The molecule has 0 fully saturated rings. The molecule has 0 atom stereocenters. The SMILES string of the molecule is Cc1ccc(-c2cc(-c3ccccc3C)nc(N)n2)cc1. The van der Waals surface area contributed by atoms with Gasteiger partial charge in [0.25, 0.3) is 0 Å². The molecule has 0 aliphatic rings. The average Bonchev–Trinajstić information content (AvgIpc) is 2.48. The van der Waals surface area contributed by atoms with Gasteiger partial charge < -0.3 is 5.73 Å². The Labute approximate surface area is 124 Å². The molecule has 0 aliphatic carbocycles. The first kappa shape index (κ1) is 13.3. The lowest BCUT2D eigenvalue weighted by Crippen LogP contribution is -1.99. The maximum Gasteiger partial charge on any atom is 0.221 e. The van der Waals surface area contributed by atoms with Gasteiger partial charge in [0.2, 0.25) is 5.95 Å². The summed E-state index contributed by atoms with van der Waals surface area (Å²) >= 11 is 0. The standard InChI is InChI=1S/C18H17N3/c1-12-7-9-14(10-8-12)16-11-17(21-18(19)20-16)15-6-4-3-5-13(15)2/h3-11H,1-2H3,(H2,19,20,21). The topological polar surface area (TPSA) is 51.8 Å². The van der Waals surface area contributed by atoms with Gasteiger partial charge in [0, 0.05) is 11.1 Å². The Kier molecular flexibility index (Phi) is 3.40. The first-order chi connectivity index (χ1) is 10.1. The second-order valence-electron chi connectivity index (χ2n) is 5.18. The Morgan fingerprint density at radius 3 is 2.19 bits per heavy atom. The highest BCUT2D eigenvalue weighted by Crippen LogP contribution is 2.26. The van der Waals surface area contributed by atoms with E-state index in [1.54, 1.807) is 0 Å². The van der Waals surface area contributed by atoms with E-state index in [9.17, 15) is 0 Å². The lowest BCUT2D eigenvalue weighted by molar-refractivity contribution is 1.19. The molecule has 0 bridgehead atoms. The maximum atomic E-state index is 5.89. The average molecular weight is 275 g/mol. The summed E-state index contributed by atoms with van der Waals surface area (Å²) in [5.74, 6) is 0.298. The molecule has 0 unspecified atom stereocenters. The van der Waals surface area contributed by atoms with Crippen molar-refractivity contribution >= 4 is 5.95 Å². The molecule has 2 N–H and O–H groups in total. The van der Waals surface area contributed by atoms with Crippen molar-refractivity contribution in [2.24, 2.45) is 0 Å². The minimum Gasteiger partial charge on any atom is -0.368 e. The van der Waals surface area contributed by atoms with Crippen molar-refractivity contribution in [3.63, 3.8) is 0 Å². The van der Waals surface area contributed by atoms with E-state index in [0.717, 1.165) is 22.5 Å². The van der Waals surface area contributed by atoms with Crippen LogP contribution in [-0.2, 0) is 0 Å². The zero-order valence-corrected chi connectivity index (χ0v) is 12.2. The van der Waals surface area contributed by atoms with Gasteiger partial charge in [0.1, 0.15) is 0 Å². The second-order valence-corrected chi connectivity index (χ2v) is 5.18. The van der Waals surface area contributed by atoms with Crippen LogP contribution >= 0.6 is 0 Å². The van der Waals surface area contributed by atoms with Gasteiger partial charge in [-0.3, -0.25) is 0 Å². The van der Waals surface area contributed by atoms with Gasteiger partial charge >= 0.3 is 0 Å². The molecule has 3 aromatic rings. The first-order valence-corrected chi connectivity index (χ1v) is 6.91. The highest BCUT2D eigenvalue weighted by atomic mass is 15.0. The van der Waals surface area contributed by atoms with Crippen LogP contribution in [0.5, 0.6) is 0 Å². The number of nitrogen functional groups attached to an aromatic ring is 1. The van der Waals surface area contributed by atoms with Crippen LogP contribution < -0.4 is 5.73 Å². The van der Waals surface area contributed by atoms with Crippen LogP contribution in [0.3, 0.4) is 0 Å². The van der Waals surface area contributed by atoms with Crippen LogP contribution in [0.1, 0.15) is 11.1 Å². The van der Waals surface area contributed by atoms with Crippen molar-refractivity contribution < 1.29 is 0 Å². The van der Waals surface area contributed by atoms with Gasteiger partial charge in [0.15, 0.2) is 0 Å². The van der Waals surface area contributed by atoms with Crippen molar-refractivity contribution in [1.82, 2.24) is 9.97 Å². The van der Waals surface area contributed by atoms with E-state index in [1.807, 2.05) is 18.2 Å². The van der Waals surface area contributed by atoms with Gasteiger partial charge in [-0.25, -0.2) is 9.97 Å². The number of benzene rings is 2. The number of nitrogens with two attached hydrogens (primary N) is 1. The Balaban J connectivity index is 2.13. The highest BCUT2D eigenvalue weighted by Gasteiger charge is 2.08. The van der Waals surface area contributed by atoms with E-state index in [1.165, 1.54) is 11.1 Å². The van der Waals surface area contributed by atoms with E-state index < -0.39 is 0 Å². The van der Waals surface area contributed by atoms with Crippen molar-refractivity contribution in [1.29, 1.82) is 0 Å². The zero-order chi connectivity index (χ0) is 14.8. The first-order valence-electron chi connectivity index (χ1n) is 6.91. The normalized spacial score (nSPS) is 10.6. The predicted octanol–water partition coefficient (Wildman–Crippen LogP) is 4.01. The lowest BCUT2D eigenvalue weighted by atomic mass is 10.0. The smallest absolute Gasteiger partial charge is 0.221 e. The molecular weight excluding hydrogens is 258 g/mol. The summed E-state index contributed by atoms with van der Waals surface area (Å²) < 4.78 is 0. The van der Waals surface area contributed by atoms with Crippen LogP contribution in [0, 0.1) is 13.8 Å². The second kappa shape index (κ2) is 5.37. The van der Waals surface area contributed by atoms with Gasteiger partial charge in [0.05, 0.1) is 11.4 Å².